The first-order valence-electron chi connectivity index (χ1n) is 5.99. The molecule has 0 aromatic heterocycles. The average Bonchev–Trinajstić information content (AvgIpc) is 2.31. The van der Waals surface area contributed by atoms with Crippen molar-refractivity contribution in [3.63, 3.8) is 0 Å². The Morgan fingerprint density at radius 3 is 1.82 bits per heavy atom. The van der Waals surface area contributed by atoms with Gasteiger partial charge in [-0.05, 0) is 37.5 Å². The lowest BCUT2D eigenvalue weighted by Gasteiger charge is -2.27. The van der Waals surface area contributed by atoms with Gasteiger partial charge in [-0.25, -0.2) is 0 Å². The van der Waals surface area contributed by atoms with Gasteiger partial charge < -0.3 is 9.47 Å². The minimum absolute atomic E-state index is 0.282. The first-order valence-corrected chi connectivity index (χ1v) is 7.52. The van der Waals surface area contributed by atoms with Crippen molar-refractivity contribution in [1.82, 2.24) is 0 Å². The van der Waals surface area contributed by atoms with Crippen molar-refractivity contribution in [2.45, 2.75) is 40.0 Å². The number of carbonyl (C=O) groups is 2. The number of halogens is 1. The van der Waals surface area contributed by atoms with Crippen molar-refractivity contribution in [3.05, 3.63) is 0 Å². The minimum atomic E-state index is -1.11. The summed E-state index contributed by atoms with van der Waals surface area (Å²) < 4.78 is 10.9. The Kier molecular flexibility index (Phi) is 8.55. The molecule has 0 aromatic rings. The van der Waals surface area contributed by atoms with Crippen molar-refractivity contribution in [3.8, 4) is 0 Å². The molecule has 0 saturated heterocycles. The molecule has 100 valence electrons. The second kappa shape index (κ2) is 8.72. The van der Waals surface area contributed by atoms with Crippen molar-refractivity contribution in [2.24, 2.45) is 5.41 Å². The molecule has 0 aliphatic heterocycles. The van der Waals surface area contributed by atoms with E-state index in [2.05, 4.69) is 22.6 Å². The smallest absolute Gasteiger partial charge is 0.323 e. The molecule has 0 aliphatic rings. The molecule has 0 spiro atoms. The molecule has 17 heavy (non-hydrogen) atoms. The molecule has 0 unspecified atom stereocenters. The van der Waals surface area contributed by atoms with Gasteiger partial charge in [0.05, 0.1) is 13.2 Å². The first-order chi connectivity index (χ1) is 8.08. The first kappa shape index (κ1) is 16.7. The minimum Gasteiger partial charge on any atom is -0.465 e. The van der Waals surface area contributed by atoms with Gasteiger partial charge in [0.25, 0.3) is 0 Å². The van der Waals surface area contributed by atoms with Gasteiger partial charge in [-0.1, -0.05) is 29.5 Å². The Bertz CT molecular complexity index is 235. The van der Waals surface area contributed by atoms with Gasteiger partial charge in [-0.2, -0.15) is 0 Å². The predicted octanol–water partition coefficient (Wildman–Crippen LogP) is 2.72. The predicted molar refractivity (Wildman–Crippen MR) is 74.1 cm³/mol. The standard InChI is InChI=1S/C12H21IO4/c1-4-12(8-7-9-13,10(14)16-5-2)11(15)17-6-3/h4-9H2,1-3H3. The van der Waals surface area contributed by atoms with Crippen LogP contribution in [0.15, 0.2) is 0 Å². The Hall–Kier alpha value is -0.330. The van der Waals surface area contributed by atoms with Crippen LogP contribution in [0.1, 0.15) is 40.0 Å². The third kappa shape index (κ3) is 4.44. The number of alkyl halides is 1. The van der Waals surface area contributed by atoms with E-state index in [0.717, 1.165) is 10.8 Å². The summed E-state index contributed by atoms with van der Waals surface area (Å²) in [6, 6.07) is 0. The van der Waals surface area contributed by atoms with Gasteiger partial charge in [-0.15, -0.1) is 0 Å². The largest absolute Gasteiger partial charge is 0.465 e. The van der Waals surface area contributed by atoms with Crippen molar-refractivity contribution < 1.29 is 19.1 Å². The summed E-state index contributed by atoms with van der Waals surface area (Å²) in [6.45, 7) is 5.86. The maximum absolute atomic E-state index is 12.0. The molecular weight excluding hydrogens is 335 g/mol. The fraction of sp³-hybridized carbons (Fsp3) is 0.833. The third-order valence-corrected chi connectivity index (χ3v) is 3.44. The topological polar surface area (TPSA) is 52.6 Å². The Labute approximate surface area is 117 Å². The van der Waals surface area contributed by atoms with Crippen LogP contribution in [0.2, 0.25) is 0 Å². The summed E-state index contributed by atoms with van der Waals surface area (Å²) in [5.41, 5.74) is -1.11. The molecule has 0 rings (SSSR count). The Morgan fingerprint density at radius 2 is 1.53 bits per heavy atom. The summed E-state index contributed by atoms with van der Waals surface area (Å²) in [5.74, 6) is -0.906. The van der Waals surface area contributed by atoms with E-state index in [-0.39, 0.29) is 13.2 Å². The van der Waals surface area contributed by atoms with Crippen LogP contribution in [0.5, 0.6) is 0 Å². The molecule has 0 bridgehead atoms. The van der Waals surface area contributed by atoms with E-state index in [0.29, 0.717) is 12.8 Å². The van der Waals surface area contributed by atoms with Crippen LogP contribution < -0.4 is 0 Å². The Morgan fingerprint density at radius 1 is 1.06 bits per heavy atom. The van der Waals surface area contributed by atoms with Crippen LogP contribution >= 0.6 is 22.6 Å². The summed E-state index contributed by atoms with van der Waals surface area (Å²) in [4.78, 5) is 24.0. The van der Waals surface area contributed by atoms with Gasteiger partial charge in [0, 0.05) is 0 Å². The zero-order valence-corrected chi connectivity index (χ0v) is 12.9. The normalized spacial score (nSPS) is 11.1. The fourth-order valence-corrected chi connectivity index (χ4v) is 2.04. The molecule has 4 nitrogen and oxygen atoms in total. The van der Waals surface area contributed by atoms with Crippen molar-refractivity contribution in [1.29, 1.82) is 0 Å². The molecule has 0 radical (unpaired) electrons. The summed E-state index contributed by atoms with van der Waals surface area (Å²) in [5, 5.41) is 0. The SMILES string of the molecule is CCOC(=O)C(CC)(CCCI)C(=O)OCC. The molecule has 0 amide bonds. The Balaban J connectivity index is 4.98. The van der Waals surface area contributed by atoms with Crippen LogP contribution in [0, 0.1) is 5.41 Å². The molecule has 0 atom stereocenters. The summed E-state index contributed by atoms with van der Waals surface area (Å²) in [7, 11) is 0. The average molecular weight is 356 g/mol. The monoisotopic (exact) mass is 356 g/mol. The van der Waals surface area contributed by atoms with E-state index >= 15 is 0 Å². The van der Waals surface area contributed by atoms with Gasteiger partial charge >= 0.3 is 11.9 Å². The highest BCUT2D eigenvalue weighted by Gasteiger charge is 2.46. The zero-order chi connectivity index (χ0) is 13.3. The van der Waals surface area contributed by atoms with Crippen LogP contribution in [-0.2, 0) is 19.1 Å². The van der Waals surface area contributed by atoms with Crippen LogP contribution in [0.3, 0.4) is 0 Å². The number of esters is 2. The molecule has 5 heteroatoms. The maximum atomic E-state index is 12.0. The number of rotatable bonds is 8. The fourth-order valence-electron chi connectivity index (χ4n) is 1.66. The highest BCUT2D eigenvalue weighted by Crippen LogP contribution is 2.32. The maximum Gasteiger partial charge on any atom is 0.323 e. The summed E-state index contributed by atoms with van der Waals surface area (Å²) >= 11 is 2.23. The number of hydrogen-bond donors (Lipinski definition) is 0. The van der Waals surface area contributed by atoms with Gasteiger partial charge in [0.15, 0.2) is 5.41 Å². The van der Waals surface area contributed by atoms with E-state index in [1.54, 1.807) is 13.8 Å². The van der Waals surface area contributed by atoms with Gasteiger partial charge in [0.2, 0.25) is 0 Å². The van der Waals surface area contributed by atoms with E-state index in [9.17, 15) is 9.59 Å². The van der Waals surface area contributed by atoms with Crippen LogP contribution in [0.25, 0.3) is 0 Å². The summed E-state index contributed by atoms with van der Waals surface area (Å²) in [6.07, 6.45) is 1.71. The number of ether oxygens (including phenoxy) is 2. The number of hydrogen-bond acceptors (Lipinski definition) is 4. The second-order valence-corrected chi connectivity index (χ2v) is 4.75. The van der Waals surface area contributed by atoms with E-state index in [4.69, 9.17) is 9.47 Å². The quantitative estimate of drug-likeness (QED) is 0.290. The van der Waals surface area contributed by atoms with E-state index in [1.807, 2.05) is 6.92 Å². The van der Waals surface area contributed by atoms with Gasteiger partial charge in [-0.3, -0.25) is 9.59 Å². The van der Waals surface area contributed by atoms with E-state index in [1.165, 1.54) is 0 Å². The lowest BCUT2D eigenvalue weighted by atomic mass is 9.81. The van der Waals surface area contributed by atoms with Crippen molar-refractivity contribution in [2.75, 3.05) is 17.6 Å². The van der Waals surface area contributed by atoms with Crippen LogP contribution in [-0.4, -0.2) is 29.6 Å². The van der Waals surface area contributed by atoms with E-state index < -0.39 is 17.4 Å². The van der Waals surface area contributed by atoms with Gasteiger partial charge in [0.1, 0.15) is 0 Å². The molecule has 0 saturated carbocycles. The molecule has 0 aliphatic carbocycles. The molecule has 0 heterocycles. The number of carbonyl (C=O) groups excluding carboxylic acids is 2. The highest BCUT2D eigenvalue weighted by molar-refractivity contribution is 14.1. The molecular formula is C12H21IO4. The molecule has 0 aromatic carbocycles. The van der Waals surface area contributed by atoms with Crippen molar-refractivity contribution >= 4 is 34.5 Å². The highest BCUT2D eigenvalue weighted by atomic mass is 127. The second-order valence-electron chi connectivity index (χ2n) is 3.67. The lowest BCUT2D eigenvalue weighted by Crippen LogP contribution is -2.41. The lowest BCUT2D eigenvalue weighted by molar-refractivity contribution is -0.173. The zero-order valence-electron chi connectivity index (χ0n) is 10.8. The third-order valence-electron chi connectivity index (χ3n) is 2.67. The molecule has 0 fully saturated rings. The van der Waals surface area contributed by atoms with Crippen LogP contribution in [0.4, 0.5) is 0 Å². The molecule has 0 N–H and O–H groups in total.